The van der Waals surface area contributed by atoms with Gasteiger partial charge in [0.2, 0.25) is 0 Å². The van der Waals surface area contributed by atoms with Crippen LogP contribution in [0.25, 0.3) is 11.1 Å². The molecule has 0 aliphatic carbocycles. The highest BCUT2D eigenvalue weighted by atomic mass is 35.5. The van der Waals surface area contributed by atoms with Crippen molar-refractivity contribution >= 4 is 11.6 Å². The first-order valence-electron chi connectivity index (χ1n) is 5.66. The Morgan fingerprint density at radius 1 is 1.45 bits per heavy atom. The lowest BCUT2D eigenvalue weighted by molar-refractivity contribution is 0.414. The Morgan fingerprint density at radius 3 is 2.75 bits per heavy atom. The summed E-state index contributed by atoms with van der Waals surface area (Å²) >= 11 is 6.10. The molecule has 0 amide bonds. The summed E-state index contributed by atoms with van der Waals surface area (Å²) in [6, 6.07) is 5.84. The molecule has 102 valence electrons. The van der Waals surface area contributed by atoms with Crippen LogP contribution in [0.15, 0.2) is 23.0 Å². The molecule has 0 bridgehead atoms. The number of benzene rings is 1. The van der Waals surface area contributed by atoms with Gasteiger partial charge in [0.15, 0.2) is 0 Å². The van der Waals surface area contributed by atoms with Gasteiger partial charge in [-0.25, -0.2) is 4.39 Å². The molecule has 0 spiro atoms. The molecule has 1 aromatic carbocycles. The van der Waals surface area contributed by atoms with Crippen molar-refractivity contribution in [3.05, 3.63) is 50.7 Å². The van der Waals surface area contributed by atoms with Crippen molar-refractivity contribution in [3.63, 3.8) is 0 Å². The Balaban J connectivity index is 2.89. The molecule has 20 heavy (non-hydrogen) atoms. The second-order valence-corrected chi connectivity index (χ2v) is 4.50. The van der Waals surface area contributed by atoms with Gasteiger partial charge >= 0.3 is 0 Å². The summed E-state index contributed by atoms with van der Waals surface area (Å²) < 4.78 is 19.1. The lowest BCUT2D eigenvalue weighted by Crippen LogP contribution is -2.13. The van der Waals surface area contributed by atoms with Gasteiger partial charge in [-0.15, -0.1) is 0 Å². The van der Waals surface area contributed by atoms with E-state index < -0.39 is 11.4 Å². The second kappa shape index (κ2) is 5.35. The van der Waals surface area contributed by atoms with E-state index in [2.05, 4.69) is 4.98 Å². The number of halogens is 2. The van der Waals surface area contributed by atoms with Crippen LogP contribution in [0.1, 0.15) is 11.3 Å². The van der Waals surface area contributed by atoms with Gasteiger partial charge in [-0.05, 0) is 25.1 Å². The number of H-pyrrole nitrogens is 1. The lowest BCUT2D eigenvalue weighted by Gasteiger charge is -2.11. The number of aromatic amines is 1. The molecule has 1 aromatic heterocycles. The highest BCUT2D eigenvalue weighted by molar-refractivity contribution is 6.35. The summed E-state index contributed by atoms with van der Waals surface area (Å²) in [4.78, 5) is 14.3. The number of pyridine rings is 1. The van der Waals surface area contributed by atoms with Crippen molar-refractivity contribution in [1.82, 2.24) is 4.98 Å². The van der Waals surface area contributed by atoms with Crippen molar-refractivity contribution in [2.45, 2.75) is 6.92 Å². The van der Waals surface area contributed by atoms with Crippen LogP contribution < -0.4 is 10.3 Å². The Labute approximate surface area is 119 Å². The number of hydrogen-bond acceptors (Lipinski definition) is 3. The molecule has 2 rings (SSSR count). The molecule has 0 fully saturated rings. The molecular weight excluding hydrogens is 283 g/mol. The van der Waals surface area contributed by atoms with Gasteiger partial charge in [0.05, 0.1) is 12.1 Å². The van der Waals surface area contributed by atoms with E-state index in [-0.39, 0.29) is 27.5 Å². The Kier molecular flexibility index (Phi) is 3.77. The van der Waals surface area contributed by atoms with Crippen molar-refractivity contribution in [1.29, 1.82) is 5.26 Å². The number of rotatable bonds is 2. The summed E-state index contributed by atoms with van der Waals surface area (Å²) in [5, 5.41) is 9.12. The van der Waals surface area contributed by atoms with Gasteiger partial charge in [-0.1, -0.05) is 11.6 Å². The first kappa shape index (κ1) is 14.1. The van der Waals surface area contributed by atoms with E-state index in [1.54, 1.807) is 13.0 Å². The van der Waals surface area contributed by atoms with Crippen LogP contribution in [0, 0.1) is 24.1 Å². The smallest absolute Gasteiger partial charge is 0.266 e. The van der Waals surface area contributed by atoms with Crippen LogP contribution in [0.4, 0.5) is 4.39 Å². The molecule has 0 saturated carbocycles. The monoisotopic (exact) mass is 292 g/mol. The molecular formula is C14H10ClFN2O2. The molecule has 0 aliphatic heterocycles. The normalized spacial score (nSPS) is 10.2. The summed E-state index contributed by atoms with van der Waals surface area (Å²) in [7, 11) is 1.40. The van der Waals surface area contributed by atoms with E-state index in [4.69, 9.17) is 21.6 Å². The highest BCUT2D eigenvalue weighted by Gasteiger charge is 2.19. The van der Waals surface area contributed by atoms with Crippen LogP contribution in [-0.4, -0.2) is 12.1 Å². The first-order chi connectivity index (χ1) is 9.49. The number of aryl methyl sites for hydroxylation is 1. The fourth-order valence-corrected chi connectivity index (χ4v) is 2.27. The standard InChI is InChI=1S/C14H10ClFN2O2/c1-7-5-8(9(6-17)14(19)18-7)12-10(16)3-4-11(20-2)13(12)15/h3-5H,1-2H3,(H,18,19). The van der Waals surface area contributed by atoms with Gasteiger partial charge in [0, 0.05) is 16.8 Å². The average molecular weight is 293 g/mol. The third kappa shape index (κ3) is 2.26. The molecule has 1 heterocycles. The number of aromatic nitrogens is 1. The molecule has 0 atom stereocenters. The predicted molar refractivity (Wildman–Crippen MR) is 73.5 cm³/mol. The Morgan fingerprint density at radius 2 is 2.15 bits per heavy atom. The first-order valence-corrected chi connectivity index (χ1v) is 6.03. The number of nitrogens with zero attached hydrogens (tertiary/aromatic N) is 1. The quantitative estimate of drug-likeness (QED) is 0.925. The van der Waals surface area contributed by atoms with E-state index in [0.717, 1.165) is 0 Å². The van der Waals surface area contributed by atoms with Crippen LogP contribution in [0.5, 0.6) is 5.75 Å². The van der Waals surface area contributed by atoms with E-state index in [1.165, 1.54) is 25.3 Å². The minimum atomic E-state index is -0.627. The van der Waals surface area contributed by atoms with Crippen molar-refractivity contribution in [2.75, 3.05) is 7.11 Å². The Hall–Kier alpha value is -2.32. The molecule has 0 radical (unpaired) electrons. The molecule has 6 heteroatoms. The second-order valence-electron chi connectivity index (χ2n) is 4.12. The summed E-state index contributed by atoms with van der Waals surface area (Å²) in [6.07, 6.45) is 0. The summed E-state index contributed by atoms with van der Waals surface area (Å²) in [5.41, 5.74) is -0.139. The van der Waals surface area contributed by atoms with E-state index >= 15 is 0 Å². The molecule has 1 N–H and O–H groups in total. The topological polar surface area (TPSA) is 65.9 Å². The third-order valence-corrected chi connectivity index (χ3v) is 3.20. The van der Waals surface area contributed by atoms with E-state index in [1.807, 2.05) is 0 Å². The van der Waals surface area contributed by atoms with Crippen molar-refractivity contribution in [3.8, 4) is 22.9 Å². The van der Waals surface area contributed by atoms with Crippen molar-refractivity contribution < 1.29 is 9.13 Å². The highest BCUT2D eigenvalue weighted by Crippen LogP contribution is 2.38. The zero-order valence-electron chi connectivity index (χ0n) is 10.8. The minimum absolute atomic E-state index is 0.0169. The predicted octanol–water partition coefficient (Wildman–Crippen LogP) is 3.02. The summed E-state index contributed by atoms with van der Waals surface area (Å²) in [5.74, 6) is -0.359. The van der Waals surface area contributed by atoms with E-state index in [9.17, 15) is 9.18 Å². The van der Waals surface area contributed by atoms with E-state index in [0.29, 0.717) is 5.69 Å². The largest absolute Gasteiger partial charge is 0.495 e. The molecule has 2 aromatic rings. The van der Waals surface area contributed by atoms with Gasteiger partial charge in [0.25, 0.3) is 5.56 Å². The fourth-order valence-electron chi connectivity index (χ4n) is 1.93. The maximum absolute atomic E-state index is 14.1. The zero-order chi connectivity index (χ0) is 14.9. The zero-order valence-corrected chi connectivity index (χ0v) is 11.5. The van der Waals surface area contributed by atoms with Gasteiger partial charge in [-0.3, -0.25) is 4.79 Å². The van der Waals surface area contributed by atoms with Crippen molar-refractivity contribution in [2.24, 2.45) is 0 Å². The number of methoxy groups -OCH3 is 1. The number of nitriles is 1. The lowest BCUT2D eigenvalue weighted by atomic mass is 10.00. The van der Waals surface area contributed by atoms with Gasteiger partial charge in [0.1, 0.15) is 23.2 Å². The van der Waals surface area contributed by atoms with Crippen LogP contribution in [0.2, 0.25) is 5.02 Å². The number of nitrogens with one attached hydrogen (secondary N) is 1. The van der Waals surface area contributed by atoms with Gasteiger partial charge < -0.3 is 9.72 Å². The van der Waals surface area contributed by atoms with Crippen LogP contribution >= 0.6 is 11.6 Å². The maximum atomic E-state index is 14.1. The third-order valence-electron chi connectivity index (χ3n) is 2.82. The molecule has 0 unspecified atom stereocenters. The van der Waals surface area contributed by atoms with Crippen LogP contribution in [0.3, 0.4) is 0 Å². The molecule has 0 aliphatic rings. The molecule has 4 nitrogen and oxygen atoms in total. The SMILES string of the molecule is COc1ccc(F)c(-c2cc(C)[nH]c(=O)c2C#N)c1Cl. The summed E-state index contributed by atoms with van der Waals surface area (Å²) in [6.45, 7) is 1.64. The van der Waals surface area contributed by atoms with Gasteiger partial charge in [-0.2, -0.15) is 5.26 Å². The average Bonchev–Trinajstić information content (AvgIpc) is 2.38. The minimum Gasteiger partial charge on any atom is -0.495 e. The van der Waals surface area contributed by atoms with Crippen LogP contribution in [-0.2, 0) is 0 Å². The maximum Gasteiger partial charge on any atom is 0.266 e. The Bertz CT molecular complexity index is 778. The number of ether oxygens (including phenoxy) is 1. The molecule has 0 saturated heterocycles. The fraction of sp³-hybridized carbons (Fsp3) is 0.143. The number of hydrogen-bond donors (Lipinski definition) is 1.